The van der Waals surface area contributed by atoms with Crippen LogP contribution in [0.15, 0.2) is 29.4 Å². The maximum absolute atomic E-state index is 8.50. The highest BCUT2D eigenvalue weighted by atomic mass is 35.5. The Bertz CT molecular complexity index is 363. The van der Waals surface area contributed by atoms with E-state index in [-0.39, 0.29) is 5.17 Å². The highest BCUT2D eigenvalue weighted by Crippen LogP contribution is 2.14. The second-order valence-electron chi connectivity index (χ2n) is 3.92. The van der Waals surface area contributed by atoms with Crippen LogP contribution in [0.1, 0.15) is 12.0 Å². The third kappa shape index (κ3) is 5.06. The largest absolute Gasteiger partial charge is 0.494 e. The first-order valence-electron chi connectivity index (χ1n) is 5.39. The van der Waals surface area contributed by atoms with Crippen LogP contribution >= 0.6 is 11.6 Å². The van der Waals surface area contributed by atoms with Crippen molar-refractivity contribution < 1.29 is 9.94 Å². The maximum atomic E-state index is 8.50. The standard InChI is InChI=1S/C12H17ClN2O2/c1-15(2)8-3-9-17-11-6-4-10(5-7-11)12(13)14-16/h4-7,16H,3,8-9H2,1-2H3. The van der Waals surface area contributed by atoms with Crippen molar-refractivity contribution in [3.8, 4) is 5.75 Å². The van der Waals surface area contributed by atoms with Crippen molar-refractivity contribution in [3.05, 3.63) is 29.8 Å². The molecule has 0 spiro atoms. The van der Waals surface area contributed by atoms with Gasteiger partial charge in [0.05, 0.1) is 6.61 Å². The van der Waals surface area contributed by atoms with E-state index in [0.29, 0.717) is 12.2 Å². The van der Waals surface area contributed by atoms with Crippen molar-refractivity contribution in [2.24, 2.45) is 5.16 Å². The fraction of sp³-hybridized carbons (Fsp3) is 0.417. The molecule has 0 unspecified atom stereocenters. The molecule has 0 heterocycles. The van der Waals surface area contributed by atoms with Crippen LogP contribution in [-0.2, 0) is 0 Å². The van der Waals surface area contributed by atoms with Crippen molar-refractivity contribution in [3.63, 3.8) is 0 Å². The Morgan fingerprint density at radius 2 is 2.00 bits per heavy atom. The molecule has 17 heavy (non-hydrogen) atoms. The highest BCUT2D eigenvalue weighted by Gasteiger charge is 2.00. The number of oxime groups is 1. The van der Waals surface area contributed by atoms with E-state index in [0.717, 1.165) is 18.7 Å². The van der Waals surface area contributed by atoms with E-state index in [1.807, 2.05) is 14.1 Å². The van der Waals surface area contributed by atoms with Crippen LogP contribution in [0.4, 0.5) is 0 Å². The van der Waals surface area contributed by atoms with Gasteiger partial charge in [-0.3, -0.25) is 0 Å². The van der Waals surface area contributed by atoms with Gasteiger partial charge in [0.25, 0.3) is 0 Å². The first-order chi connectivity index (χ1) is 8.13. The fourth-order valence-corrected chi connectivity index (χ4v) is 1.44. The van der Waals surface area contributed by atoms with Gasteiger partial charge < -0.3 is 14.8 Å². The number of rotatable bonds is 6. The van der Waals surface area contributed by atoms with Gasteiger partial charge >= 0.3 is 0 Å². The van der Waals surface area contributed by atoms with Crippen LogP contribution in [0.5, 0.6) is 5.75 Å². The molecule has 0 aliphatic rings. The summed E-state index contributed by atoms with van der Waals surface area (Å²) in [5, 5.41) is 11.5. The summed E-state index contributed by atoms with van der Waals surface area (Å²) in [6.07, 6.45) is 0.980. The van der Waals surface area contributed by atoms with E-state index in [4.69, 9.17) is 21.5 Å². The predicted molar refractivity (Wildman–Crippen MR) is 69.3 cm³/mol. The molecule has 1 N–H and O–H groups in total. The minimum absolute atomic E-state index is 0.0733. The Kier molecular flexibility index (Phi) is 5.80. The van der Waals surface area contributed by atoms with Crippen LogP contribution in [0.2, 0.25) is 0 Å². The maximum Gasteiger partial charge on any atom is 0.175 e. The van der Waals surface area contributed by atoms with Crippen LogP contribution in [-0.4, -0.2) is 42.5 Å². The van der Waals surface area contributed by atoms with Gasteiger partial charge in [-0.05, 0) is 44.8 Å². The molecule has 0 saturated carbocycles. The molecular weight excluding hydrogens is 240 g/mol. The molecule has 5 heteroatoms. The van der Waals surface area contributed by atoms with E-state index in [1.54, 1.807) is 24.3 Å². The molecule has 0 saturated heterocycles. The van der Waals surface area contributed by atoms with Crippen LogP contribution in [0, 0.1) is 0 Å². The normalized spacial score (nSPS) is 11.9. The summed E-state index contributed by atoms with van der Waals surface area (Å²) in [6, 6.07) is 7.11. The number of hydrogen-bond acceptors (Lipinski definition) is 4. The van der Waals surface area contributed by atoms with Crippen molar-refractivity contribution >= 4 is 16.8 Å². The number of hydrogen-bond donors (Lipinski definition) is 1. The Balaban J connectivity index is 2.41. The summed E-state index contributed by atoms with van der Waals surface area (Å²) >= 11 is 5.66. The first kappa shape index (κ1) is 13.8. The SMILES string of the molecule is CN(C)CCCOc1ccc(C(Cl)=NO)cc1. The zero-order valence-corrected chi connectivity index (χ0v) is 10.8. The molecule has 4 nitrogen and oxygen atoms in total. The third-order valence-electron chi connectivity index (χ3n) is 2.20. The number of benzene rings is 1. The molecule has 0 aliphatic carbocycles. The lowest BCUT2D eigenvalue weighted by molar-refractivity contribution is 0.281. The second kappa shape index (κ2) is 7.14. The number of nitrogens with zero attached hydrogens (tertiary/aromatic N) is 2. The average Bonchev–Trinajstić information content (AvgIpc) is 2.34. The molecule has 0 radical (unpaired) electrons. The highest BCUT2D eigenvalue weighted by molar-refractivity contribution is 6.69. The first-order valence-corrected chi connectivity index (χ1v) is 5.77. The van der Waals surface area contributed by atoms with Crippen LogP contribution in [0.25, 0.3) is 0 Å². The van der Waals surface area contributed by atoms with E-state index in [2.05, 4.69) is 10.1 Å². The molecule has 0 bridgehead atoms. The molecule has 1 aromatic carbocycles. The quantitative estimate of drug-likeness (QED) is 0.368. The third-order valence-corrected chi connectivity index (χ3v) is 2.49. The molecule has 0 aromatic heterocycles. The molecule has 0 amide bonds. The average molecular weight is 257 g/mol. The molecule has 0 aliphatic heterocycles. The van der Waals surface area contributed by atoms with Crippen molar-refractivity contribution in [1.29, 1.82) is 0 Å². The lowest BCUT2D eigenvalue weighted by Crippen LogP contribution is -2.15. The summed E-state index contributed by atoms with van der Waals surface area (Å²) in [7, 11) is 4.07. The van der Waals surface area contributed by atoms with E-state index in [1.165, 1.54) is 0 Å². The van der Waals surface area contributed by atoms with Crippen molar-refractivity contribution in [2.45, 2.75) is 6.42 Å². The van der Waals surface area contributed by atoms with Crippen LogP contribution < -0.4 is 4.74 Å². The predicted octanol–water partition coefficient (Wildman–Crippen LogP) is 2.39. The van der Waals surface area contributed by atoms with Gasteiger partial charge in [-0.25, -0.2) is 0 Å². The smallest absolute Gasteiger partial charge is 0.175 e. The Morgan fingerprint density at radius 1 is 1.35 bits per heavy atom. The summed E-state index contributed by atoms with van der Waals surface area (Å²) in [6.45, 7) is 1.68. The lowest BCUT2D eigenvalue weighted by Gasteiger charge is -2.10. The minimum atomic E-state index is 0.0733. The van der Waals surface area contributed by atoms with E-state index in [9.17, 15) is 0 Å². The van der Waals surface area contributed by atoms with Crippen molar-refractivity contribution in [1.82, 2.24) is 4.90 Å². The summed E-state index contributed by atoms with van der Waals surface area (Å²) < 4.78 is 5.55. The Labute approximate surface area is 106 Å². The molecule has 1 aromatic rings. The zero-order valence-electron chi connectivity index (χ0n) is 10.1. The number of halogens is 1. The van der Waals surface area contributed by atoms with Gasteiger partial charge in [-0.15, -0.1) is 0 Å². The van der Waals surface area contributed by atoms with Crippen molar-refractivity contribution in [2.75, 3.05) is 27.2 Å². The monoisotopic (exact) mass is 256 g/mol. The van der Waals surface area contributed by atoms with Crippen LogP contribution in [0.3, 0.4) is 0 Å². The van der Waals surface area contributed by atoms with Gasteiger partial charge in [0.15, 0.2) is 5.17 Å². The lowest BCUT2D eigenvalue weighted by atomic mass is 10.2. The molecular formula is C12H17ClN2O2. The zero-order chi connectivity index (χ0) is 12.7. The molecule has 1 rings (SSSR count). The fourth-order valence-electron chi connectivity index (χ4n) is 1.32. The number of ether oxygens (including phenoxy) is 1. The minimum Gasteiger partial charge on any atom is -0.494 e. The van der Waals surface area contributed by atoms with Gasteiger partial charge in [0.2, 0.25) is 0 Å². The van der Waals surface area contributed by atoms with Gasteiger partial charge in [0, 0.05) is 12.1 Å². The Hall–Kier alpha value is -1.26. The van der Waals surface area contributed by atoms with Gasteiger partial charge in [0.1, 0.15) is 5.75 Å². The van der Waals surface area contributed by atoms with Gasteiger partial charge in [-0.1, -0.05) is 16.8 Å². The summed E-state index contributed by atoms with van der Waals surface area (Å²) in [4.78, 5) is 2.12. The summed E-state index contributed by atoms with van der Waals surface area (Å²) in [5.41, 5.74) is 0.662. The molecule has 0 fully saturated rings. The van der Waals surface area contributed by atoms with Gasteiger partial charge in [-0.2, -0.15) is 0 Å². The molecule has 94 valence electrons. The Morgan fingerprint density at radius 3 is 2.53 bits per heavy atom. The van der Waals surface area contributed by atoms with E-state index >= 15 is 0 Å². The van der Waals surface area contributed by atoms with E-state index < -0.39 is 0 Å². The molecule has 0 atom stereocenters. The summed E-state index contributed by atoms with van der Waals surface area (Å²) in [5.74, 6) is 0.787. The topological polar surface area (TPSA) is 45.1 Å². The second-order valence-corrected chi connectivity index (χ2v) is 4.28.